The van der Waals surface area contributed by atoms with Crippen LogP contribution in [0.4, 0.5) is 4.39 Å². The van der Waals surface area contributed by atoms with E-state index in [0.29, 0.717) is 16.5 Å². The molecule has 0 radical (unpaired) electrons. The van der Waals surface area contributed by atoms with Crippen LogP contribution in [0.25, 0.3) is 10.9 Å². The second-order valence-corrected chi connectivity index (χ2v) is 5.08. The summed E-state index contributed by atoms with van der Waals surface area (Å²) in [6.45, 7) is 0.123. The number of hydrogen-bond donors (Lipinski definition) is 0. The van der Waals surface area contributed by atoms with Crippen molar-refractivity contribution in [3.8, 4) is 0 Å². The first kappa shape index (κ1) is 15.0. The monoisotopic (exact) mass is 311 g/mol. The first-order valence-corrected chi connectivity index (χ1v) is 7.06. The van der Waals surface area contributed by atoms with E-state index in [0.717, 1.165) is 0 Å². The number of carbonyl (C=O) groups is 1. The fourth-order valence-corrected chi connectivity index (χ4v) is 2.57. The van der Waals surface area contributed by atoms with Crippen LogP contribution in [0.5, 0.6) is 0 Å². The lowest BCUT2D eigenvalue weighted by atomic mass is 10.1. The van der Waals surface area contributed by atoms with Gasteiger partial charge in [0.2, 0.25) is 0 Å². The summed E-state index contributed by atoms with van der Waals surface area (Å²) in [7, 11) is 1.25. The zero-order valence-corrected chi connectivity index (χ0v) is 12.5. The largest absolute Gasteiger partial charge is 0.464 e. The Morgan fingerprint density at radius 1 is 1.13 bits per heavy atom. The van der Waals surface area contributed by atoms with Crippen LogP contribution in [0.2, 0.25) is 0 Å². The predicted molar refractivity (Wildman–Crippen MR) is 85.0 cm³/mol. The molecule has 0 saturated heterocycles. The fraction of sp³-hybridized carbons (Fsp3) is 0.111. The topological polar surface area (TPSA) is 48.3 Å². The van der Waals surface area contributed by atoms with Gasteiger partial charge in [0.1, 0.15) is 11.5 Å². The highest BCUT2D eigenvalue weighted by molar-refractivity contribution is 5.91. The number of aromatic nitrogens is 1. The van der Waals surface area contributed by atoms with E-state index >= 15 is 0 Å². The molecule has 116 valence electrons. The van der Waals surface area contributed by atoms with Crippen LogP contribution in [0.1, 0.15) is 16.1 Å². The van der Waals surface area contributed by atoms with Crippen LogP contribution in [-0.2, 0) is 11.3 Å². The number of nitrogens with zero attached hydrogens (tertiary/aromatic N) is 1. The van der Waals surface area contributed by atoms with Crippen LogP contribution < -0.4 is 5.43 Å². The maximum atomic E-state index is 14.0. The van der Waals surface area contributed by atoms with Crippen LogP contribution in [0, 0.1) is 5.82 Å². The zero-order valence-electron chi connectivity index (χ0n) is 12.5. The third kappa shape index (κ3) is 2.73. The maximum absolute atomic E-state index is 14.0. The number of benzene rings is 2. The summed E-state index contributed by atoms with van der Waals surface area (Å²) in [6.07, 6.45) is 0. The molecule has 3 aromatic rings. The Kier molecular flexibility index (Phi) is 3.93. The number of carbonyl (C=O) groups excluding carboxylic acids is 1. The van der Waals surface area contributed by atoms with Crippen molar-refractivity contribution >= 4 is 16.9 Å². The van der Waals surface area contributed by atoms with E-state index in [1.54, 1.807) is 47.0 Å². The third-order valence-corrected chi connectivity index (χ3v) is 3.70. The van der Waals surface area contributed by atoms with Gasteiger partial charge in [-0.15, -0.1) is 0 Å². The summed E-state index contributed by atoms with van der Waals surface area (Å²) in [6, 6.07) is 14.5. The molecular formula is C18H14FNO3. The molecule has 1 aromatic heterocycles. The van der Waals surface area contributed by atoms with E-state index < -0.39 is 5.97 Å². The second kappa shape index (κ2) is 6.04. The fourth-order valence-electron chi connectivity index (χ4n) is 2.57. The maximum Gasteiger partial charge on any atom is 0.354 e. The van der Waals surface area contributed by atoms with Crippen molar-refractivity contribution < 1.29 is 13.9 Å². The molecule has 0 amide bonds. The Labute approximate surface area is 131 Å². The molecule has 3 rings (SSSR count). The minimum absolute atomic E-state index is 0.0967. The van der Waals surface area contributed by atoms with Gasteiger partial charge < -0.3 is 9.30 Å². The van der Waals surface area contributed by atoms with Gasteiger partial charge in [-0.25, -0.2) is 9.18 Å². The van der Waals surface area contributed by atoms with Gasteiger partial charge in [0, 0.05) is 17.0 Å². The average Bonchev–Trinajstić information content (AvgIpc) is 2.58. The average molecular weight is 311 g/mol. The van der Waals surface area contributed by atoms with E-state index in [2.05, 4.69) is 0 Å². The molecule has 5 heteroatoms. The van der Waals surface area contributed by atoms with E-state index in [1.807, 2.05) is 0 Å². The first-order chi connectivity index (χ1) is 11.1. The molecule has 0 saturated carbocycles. The summed E-state index contributed by atoms with van der Waals surface area (Å²) >= 11 is 0. The normalized spacial score (nSPS) is 10.7. The molecule has 0 unspecified atom stereocenters. The van der Waals surface area contributed by atoms with Crippen molar-refractivity contribution in [1.29, 1.82) is 0 Å². The van der Waals surface area contributed by atoms with Gasteiger partial charge in [0.05, 0.1) is 19.2 Å². The van der Waals surface area contributed by atoms with Crippen molar-refractivity contribution in [3.63, 3.8) is 0 Å². The Bertz CT molecular complexity index is 946. The molecule has 1 heterocycles. The number of rotatable bonds is 3. The van der Waals surface area contributed by atoms with Crippen LogP contribution in [0.3, 0.4) is 0 Å². The molecule has 0 aliphatic carbocycles. The van der Waals surface area contributed by atoms with Gasteiger partial charge >= 0.3 is 5.97 Å². The highest BCUT2D eigenvalue weighted by atomic mass is 19.1. The number of methoxy groups -OCH3 is 1. The quantitative estimate of drug-likeness (QED) is 0.699. The summed E-state index contributed by atoms with van der Waals surface area (Å²) in [5.41, 5.74) is 0.806. The van der Waals surface area contributed by atoms with E-state index in [4.69, 9.17) is 4.74 Å². The van der Waals surface area contributed by atoms with Gasteiger partial charge in [-0.1, -0.05) is 30.3 Å². The number of pyridine rings is 1. The second-order valence-electron chi connectivity index (χ2n) is 5.08. The van der Waals surface area contributed by atoms with Gasteiger partial charge in [-0.05, 0) is 18.2 Å². The van der Waals surface area contributed by atoms with Crippen molar-refractivity contribution in [2.75, 3.05) is 7.11 Å². The molecule has 0 fully saturated rings. The van der Waals surface area contributed by atoms with Gasteiger partial charge in [-0.3, -0.25) is 4.79 Å². The molecule has 0 atom stereocenters. The Balaban J connectivity index is 2.28. The van der Waals surface area contributed by atoms with Crippen molar-refractivity contribution in [2.45, 2.75) is 6.54 Å². The lowest BCUT2D eigenvalue weighted by molar-refractivity contribution is 0.0588. The van der Waals surface area contributed by atoms with E-state index in [-0.39, 0.29) is 23.5 Å². The van der Waals surface area contributed by atoms with E-state index in [9.17, 15) is 14.0 Å². The van der Waals surface area contributed by atoms with Gasteiger partial charge in [0.25, 0.3) is 0 Å². The number of hydrogen-bond acceptors (Lipinski definition) is 3. The molecule has 0 bridgehead atoms. The van der Waals surface area contributed by atoms with Crippen LogP contribution in [0.15, 0.2) is 59.4 Å². The SMILES string of the molecule is COC(=O)c1cc(=O)c2ccccc2n1Cc1ccccc1F. The predicted octanol–water partition coefficient (Wildman–Crippen LogP) is 2.98. The molecular weight excluding hydrogens is 297 g/mol. The highest BCUT2D eigenvalue weighted by Crippen LogP contribution is 2.17. The number of ether oxygens (including phenoxy) is 1. The van der Waals surface area contributed by atoms with E-state index in [1.165, 1.54) is 19.2 Å². The minimum Gasteiger partial charge on any atom is -0.464 e. The number of halogens is 1. The summed E-state index contributed by atoms with van der Waals surface area (Å²) in [4.78, 5) is 24.2. The first-order valence-electron chi connectivity index (χ1n) is 7.06. The summed E-state index contributed by atoms with van der Waals surface area (Å²) < 4.78 is 20.3. The smallest absolute Gasteiger partial charge is 0.354 e. The molecule has 2 aromatic carbocycles. The van der Waals surface area contributed by atoms with Gasteiger partial charge in [-0.2, -0.15) is 0 Å². The Morgan fingerprint density at radius 3 is 2.57 bits per heavy atom. The Morgan fingerprint density at radius 2 is 1.83 bits per heavy atom. The van der Waals surface area contributed by atoms with Gasteiger partial charge in [0.15, 0.2) is 5.43 Å². The number of para-hydroxylation sites is 1. The number of esters is 1. The zero-order chi connectivity index (χ0) is 16.4. The molecule has 0 aliphatic heterocycles. The Hall–Kier alpha value is -2.95. The highest BCUT2D eigenvalue weighted by Gasteiger charge is 2.16. The van der Waals surface area contributed by atoms with Crippen LogP contribution >= 0.6 is 0 Å². The summed E-state index contributed by atoms with van der Waals surface area (Å²) in [5.74, 6) is -1.00. The molecule has 23 heavy (non-hydrogen) atoms. The molecule has 0 N–H and O–H groups in total. The van der Waals surface area contributed by atoms with Crippen molar-refractivity contribution in [2.24, 2.45) is 0 Å². The standard InChI is InChI=1S/C18H14FNO3/c1-23-18(22)16-10-17(21)13-7-3-5-9-15(13)20(16)11-12-6-2-4-8-14(12)19/h2-10H,11H2,1H3. The molecule has 0 aliphatic rings. The summed E-state index contributed by atoms with van der Waals surface area (Å²) in [5, 5.41) is 0.469. The lowest BCUT2D eigenvalue weighted by Gasteiger charge is -2.16. The van der Waals surface area contributed by atoms with Crippen molar-refractivity contribution in [3.05, 3.63) is 81.9 Å². The molecule has 4 nitrogen and oxygen atoms in total. The third-order valence-electron chi connectivity index (χ3n) is 3.70. The van der Waals surface area contributed by atoms with Crippen molar-refractivity contribution in [1.82, 2.24) is 4.57 Å². The lowest BCUT2D eigenvalue weighted by Crippen LogP contribution is -2.20. The number of fused-ring (bicyclic) bond motifs is 1. The molecule has 0 spiro atoms. The minimum atomic E-state index is -0.635. The van der Waals surface area contributed by atoms with Crippen LogP contribution in [-0.4, -0.2) is 17.6 Å².